The van der Waals surface area contributed by atoms with Crippen LogP contribution in [0.2, 0.25) is 0 Å². The molecule has 1 rings (SSSR count). The van der Waals surface area contributed by atoms with E-state index in [2.05, 4.69) is 11.0 Å². The zero-order chi connectivity index (χ0) is 21.3. The van der Waals surface area contributed by atoms with Crippen molar-refractivity contribution in [2.75, 3.05) is 13.2 Å². The van der Waals surface area contributed by atoms with Gasteiger partial charge in [0.1, 0.15) is 30.5 Å². The molecule has 13 heteroatoms. The number of nitrogens with one attached hydrogen (secondary N) is 2. The molecule has 28 heavy (non-hydrogen) atoms. The van der Waals surface area contributed by atoms with Crippen molar-refractivity contribution in [3.05, 3.63) is 29.8 Å². The van der Waals surface area contributed by atoms with Gasteiger partial charge in [-0.3, -0.25) is 9.63 Å². The van der Waals surface area contributed by atoms with E-state index < -0.39 is 56.8 Å². The van der Waals surface area contributed by atoms with Crippen LogP contribution in [0.5, 0.6) is 0 Å². The van der Waals surface area contributed by atoms with E-state index >= 15 is 0 Å². The maximum Gasteiger partial charge on any atom is 0.488 e. The third-order valence-corrected chi connectivity index (χ3v) is 3.90. The zero-order valence-electron chi connectivity index (χ0n) is 14.8. The van der Waals surface area contributed by atoms with Crippen LogP contribution in [0.1, 0.15) is 5.56 Å². The molecule has 10 N–H and O–H groups in total. The number of benzene rings is 1. The van der Waals surface area contributed by atoms with Gasteiger partial charge in [0.2, 0.25) is 0 Å². The quantitative estimate of drug-likeness (QED) is 0.0849. The first kappa shape index (κ1) is 24.4. The average Bonchev–Trinajstić information content (AvgIpc) is 2.68. The second-order valence-corrected chi connectivity index (χ2v) is 6.07. The van der Waals surface area contributed by atoms with Crippen LogP contribution in [0.4, 0.5) is 0 Å². The summed E-state index contributed by atoms with van der Waals surface area (Å²) in [6.45, 7) is -1.39. The highest BCUT2D eigenvalue weighted by Gasteiger charge is 2.30. The van der Waals surface area contributed by atoms with Crippen LogP contribution in [0.25, 0.3) is 0 Å². The lowest BCUT2D eigenvalue weighted by Gasteiger charge is -2.25. The molecular weight excluding hydrogens is 379 g/mol. The van der Waals surface area contributed by atoms with Crippen molar-refractivity contribution in [3.63, 3.8) is 0 Å². The average molecular weight is 404 g/mol. The Kier molecular flexibility index (Phi) is 10.5. The Morgan fingerprint density at radius 3 is 2.11 bits per heavy atom. The van der Waals surface area contributed by atoms with Gasteiger partial charge in [0.25, 0.3) is 0 Å². The fraction of sp³-hybridized carbons (Fsp3) is 0.533. The number of carbonyl (C=O) groups is 1. The number of rotatable bonds is 13. The molecule has 0 radical (unpaired) electrons. The molecule has 0 spiro atoms. The van der Waals surface area contributed by atoms with E-state index in [1.54, 1.807) is 0 Å². The Morgan fingerprint density at radius 2 is 1.61 bits per heavy atom. The van der Waals surface area contributed by atoms with Gasteiger partial charge in [0.05, 0.1) is 13.2 Å². The van der Waals surface area contributed by atoms with Crippen LogP contribution in [-0.4, -0.2) is 97.4 Å². The van der Waals surface area contributed by atoms with Gasteiger partial charge in [-0.2, -0.15) is 0 Å². The molecule has 0 aliphatic rings. The Balaban J connectivity index is 2.46. The lowest BCUT2D eigenvalue weighted by molar-refractivity contribution is -0.148. The third-order valence-electron chi connectivity index (χ3n) is 3.90. The Labute approximate surface area is 160 Å². The molecule has 0 aliphatic carbocycles. The molecule has 0 saturated heterocycles. The molecule has 0 aliphatic heterocycles. The molecule has 0 heterocycles. The lowest BCUT2D eigenvalue weighted by Crippen LogP contribution is -2.50. The summed E-state index contributed by atoms with van der Waals surface area (Å²) in [5, 5.41) is 73.9. The van der Waals surface area contributed by atoms with Gasteiger partial charge in [-0.25, -0.2) is 5.43 Å². The highest BCUT2D eigenvalue weighted by Crippen LogP contribution is 2.05. The van der Waals surface area contributed by atoms with Crippen molar-refractivity contribution in [2.24, 2.45) is 0 Å². The van der Waals surface area contributed by atoms with E-state index in [0.717, 1.165) is 0 Å². The molecule has 5 atom stereocenters. The van der Waals surface area contributed by atoms with Crippen molar-refractivity contribution >= 4 is 18.6 Å². The summed E-state index contributed by atoms with van der Waals surface area (Å²) in [7, 11) is -1.63. The number of carboxylic acids is 1. The minimum Gasteiger partial charge on any atom is -0.480 e. The summed E-state index contributed by atoms with van der Waals surface area (Å²) in [4.78, 5) is 16.1. The summed E-state index contributed by atoms with van der Waals surface area (Å²) in [5.74, 6) is -1.22. The fourth-order valence-electron chi connectivity index (χ4n) is 2.16. The molecule has 0 bridgehead atoms. The van der Waals surface area contributed by atoms with E-state index in [9.17, 15) is 30.3 Å². The predicted octanol–water partition coefficient (Wildman–Crippen LogP) is -5.18. The summed E-state index contributed by atoms with van der Waals surface area (Å²) >= 11 is 0. The van der Waals surface area contributed by atoms with E-state index in [-0.39, 0.29) is 11.9 Å². The molecule has 1 aromatic rings. The number of aliphatic hydroxyl groups is 5. The van der Waals surface area contributed by atoms with Crippen molar-refractivity contribution in [1.29, 1.82) is 0 Å². The molecule has 0 aromatic heterocycles. The first-order chi connectivity index (χ1) is 13.2. The minimum absolute atomic E-state index is 0.0140. The van der Waals surface area contributed by atoms with Crippen LogP contribution < -0.4 is 16.5 Å². The first-order valence-corrected chi connectivity index (χ1v) is 8.30. The topological polar surface area (TPSA) is 212 Å². The molecular formula is C15H25BN2O10. The Morgan fingerprint density at radius 1 is 1.04 bits per heavy atom. The molecule has 0 unspecified atom stereocenters. The van der Waals surface area contributed by atoms with Crippen molar-refractivity contribution in [2.45, 2.75) is 36.9 Å². The number of carboxylic acid groups (broad SMARTS) is 1. The predicted molar refractivity (Wildman–Crippen MR) is 94.7 cm³/mol. The van der Waals surface area contributed by atoms with Crippen LogP contribution in [0.3, 0.4) is 0 Å². The second kappa shape index (κ2) is 12.0. The minimum atomic E-state index is -1.81. The highest BCUT2D eigenvalue weighted by atomic mass is 16.7. The Bertz CT molecular complexity index is 591. The summed E-state index contributed by atoms with van der Waals surface area (Å²) in [6, 6.07) is 4.79. The highest BCUT2D eigenvalue weighted by molar-refractivity contribution is 6.58. The number of hydrogen-bond acceptors (Lipinski definition) is 11. The van der Waals surface area contributed by atoms with Gasteiger partial charge in [-0.15, -0.1) is 5.59 Å². The number of aliphatic hydroxyl groups excluding tert-OH is 5. The number of hydrogen-bond donors (Lipinski definition) is 10. The van der Waals surface area contributed by atoms with Crippen LogP contribution in [0, 0.1) is 0 Å². The van der Waals surface area contributed by atoms with Gasteiger partial charge in [-0.05, 0) is 17.4 Å². The standard InChI is InChI=1S/C15H25BN2O10/c19-6-11(20)13(22)14(23)12(21)7-28-18-17-10(15(24)25)5-8-1-3-9(4-2-8)16(26)27/h1-4,10-14,17-23,26-27H,5-7H2,(H,24,25)/t10-,11+,12-,13+,14+/m0/s1. The second-order valence-electron chi connectivity index (χ2n) is 6.07. The first-order valence-electron chi connectivity index (χ1n) is 8.30. The van der Waals surface area contributed by atoms with Crippen molar-refractivity contribution in [1.82, 2.24) is 11.0 Å². The monoisotopic (exact) mass is 404 g/mol. The largest absolute Gasteiger partial charge is 0.488 e. The van der Waals surface area contributed by atoms with E-state index in [1.165, 1.54) is 24.3 Å². The van der Waals surface area contributed by atoms with Gasteiger partial charge in [0.15, 0.2) is 0 Å². The lowest BCUT2D eigenvalue weighted by atomic mass is 9.80. The molecule has 12 nitrogen and oxygen atoms in total. The normalized spacial score (nSPS) is 16.8. The van der Waals surface area contributed by atoms with Crippen molar-refractivity contribution < 1.29 is 50.3 Å². The van der Waals surface area contributed by atoms with E-state index in [4.69, 9.17) is 20.0 Å². The summed E-state index contributed by atoms with van der Waals surface area (Å²) in [5.41, 5.74) is 5.30. The van der Waals surface area contributed by atoms with Crippen LogP contribution in [0.15, 0.2) is 24.3 Å². The van der Waals surface area contributed by atoms with Crippen LogP contribution >= 0.6 is 0 Å². The number of aliphatic carboxylic acids is 1. The third kappa shape index (κ3) is 7.77. The molecule has 0 fully saturated rings. The fourth-order valence-corrected chi connectivity index (χ4v) is 2.16. The SMILES string of the molecule is O=C(O)[C@H](Cc1ccc(B(O)O)cc1)NNOC[C@H](O)[C@@H](O)[C@H](O)[C@H](O)CO. The zero-order valence-corrected chi connectivity index (χ0v) is 14.8. The molecule has 1 aromatic carbocycles. The maximum absolute atomic E-state index is 11.3. The molecule has 0 amide bonds. The van der Waals surface area contributed by atoms with E-state index in [1.807, 2.05) is 0 Å². The maximum atomic E-state index is 11.3. The Hall–Kier alpha value is -1.65. The van der Waals surface area contributed by atoms with Gasteiger partial charge in [-0.1, -0.05) is 24.3 Å². The van der Waals surface area contributed by atoms with Crippen LogP contribution in [-0.2, 0) is 16.1 Å². The smallest absolute Gasteiger partial charge is 0.480 e. The van der Waals surface area contributed by atoms with Gasteiger partial charge >= 0.3 is 13.1 Å². The van der Waals surface area contributed by atoms with Gasteiger partial charge < -0.3 is 40.7 Å². The number of hydrazine groups is 1. The molecule has 158 valence electrons. The summed E-state index contributed by atoms with van der Waals surface area (Å²) < 4.78 is 0. The van der Waals surface area contributed by atoms with E-state index in [0.29, 0.717) is 5.56 Å². The van der Waals surface area contributed by atoms with Crippen molar-refractivity contribution in [3.8, 4) is 0 Å². The molecule has 0 saturated carbocycles. The summed E-state index contributed by atoms with van der Waals surface area (Å²) in [6.07, 6.45) is -6.87. The van der Waals surface area contributed by atoms with Gasteiger partial charge in [0, 0.05) is 0 Å².